The minimum atomic E-state index is -0.0922. The Morgan fingerprint density at radius 1 is 1.38 bits per heavy atom. The number of aryl methyl sites for hydroxylation is 1. The lowest BCUT2D eigenvalue weighted by Crippen LogP contribution is -2.44. The molecule has 1 aliphatic rings. The normalized spacial score (nSPS) is 16.2. The molecule has 0 unspecified atom stereocenters. The van der Waals surface area contributed by atoms with Crippen LogP contribution < -0.4 is 10.6 Å². The number of carbonyl (C=O) groups is 1. The van der Waals surface area contributed by atoms with Crippen molar-refractivity contribution in [3.05, 3.63) is 27.7 Å². The molecule has 0 radical (unpaired) electrons. The molecule has 21 heavy (non-hydrogen) atoms. The predicted molar refractivity (Wildman–Crippen MR) is 88.4 cm³/mol. The van der Waals surface area contributed by atoms with Crippen molar-refractivity contribution in [2.45, 2.75) is 25.8 Å². The van der Waals surface area contributed by atoms with Crippen molar-refractivity contribution in [1.29, 1.82) is 0 Å². The fourth-order valence-corrected chi connectivity index (χ4v) is 3.02. The van der Waals surface area contributed by atoms with Crippen molar-refractivity contribution in [2.24, 2.45) is 0 Å². The Morgan fingerprint density at radius 3 is 2.71 bits per heavy atom. The van der Waals surface area contributed by atoms with Gasteiger partial charge in [0.2, 0.25) is 5.91 Å². The SMILES string of the molecule is Cc1ccc(Cl)c(NC(=O)CN(C)C2CCNCC2)c1Cl. The maximum absolute atomic E-state index is 12.2. The summed E-state index contributed by atoms with van der Waals surface area (Å²) >= 11 is 12.3. The van der Waals surface area contributed by atoms with Crippen LogP contribution in [-0.2, 0) is 4.79 Å². The van der Waals surface area contributed by atoms with Gasteiger partial charge >= 0.3 is 0 Å². The topological polar surface area (TPSA) is 44.4 Å². The molecular weight excluding hydrogens is 309 g/mol. The highest BCUT2D eigenvalue weighted by molar-refractivity contribution is 6.40. The molecule has 6 heteroatoms. The lowest BCUT2D eigenvalue weighted by atomic mass is 10.1. The second-order valence-corrected chi connectivity index (χ2v) is 6.28. The monoisotopic (exact) mass is 329 g/mol. The summed E-state index contributed by atoms with van der Waals surface area (Å²) in [6.07, 6.45) is 2.13. The number of nitrogens with one attached hydrogen (secondary N) is 2. The summed E-state index contributed by atoms with van der Waals surface area (Å²) in [6, 6.07) is 4.02. The molecule has 0 atom stereocenters. The maximum atomic E-state index is 12.2. The summed E-state index contributed by atoms with van der Waals surface area (Å²) in [6.45, 7) is 4.24. The van der Waals surface area contributed by atoms with Gasteiger partial charge in [0.25, 0.3) is 0 Å². The molecule has 0 bridgehead atoms. The number of carbonyl (C=O) groups excluding carboxylic acids is 1. The Kier molecular flexibility index (Phi) is 5.88. The van der Waals surface area contributed by atoms with E-state index < -0.39 is 0 Å². The highest BCUT2D eigenvalue weighted by Crippen LogP contribution is 2.32. The van der Waals surface area contributed by atoms with Crippen molar-refractivity contribution in [3.8, 4) is 0 Å². The molecule has 0 saturated carbocycles. The lowest BCUT2D eigenvalue weighted by Gasteiger charge is -2.31. The fraction of sp³-hybridized carbons (Fsp3) is 0.533. The van der Waals surface area contributed by atoms with E-state index in [4.69, 9.17) is 23.2 Å². The molecule has 1 aromatic carbocycles. The molecule has 4 nitrogen and oxygen atoms in total. The van der Waals surface area contributed by atoms with Gasteiger partial charge in [0.15, 0.2) is 0 Å². The number of hydrogen-bond acceptors (Lipinski definition) is 3. The van der Waals surface area contributed by atoms with Crippen molar-refractivity contribution in [3.63, 3.8) is 0 Å². The van der Waals surface area contributed by atoms with E-state index in [1.165, 1.54) is 0 Å². The lowest BCUT2D eigenvalue weighted by molar-refractivity contribution is -0.117. The van der Waals surface area contributed by atoms with Crippen LogP contribution in [0.3, 0.4) is 0 Å². The summed E-state index contributed by atoms with van der Waals surface area (Å²) in [5.41, 5.74) is 1.39. The van der Waals surface area contributed by atoms with Gasteiger partial charge in [-0.1, -0.05) is 29.3 Å². The average Bonchev–Trinajstić information content (AvgIpc) is 2.48. The Balaban J connectivity index is 1.97. The maximum Gasteiger partial charge on any atom is 0.238 e. The van der Waals surface area contributed by atoms with Crippen LogP contribution in [0.4, 0.5) is 5.69 Å². The highest BCUT2D eigenvalue weighted by atomic mass is 35.5. The number of amides is 1. The Hall–Kier alpha value is -0.810. The molecule has 1 saturated heterocycles. The Bertz CT molecular complexity index is 516. The first kappa shape index (κ1) is 16.6. The molecule has 1 aliphatic heterocycles. The van der Waals surface area contributed by atoms with Crippen LogP contribution >= 0.6 is 23.2 Å². The fourth-order valence-electron chi connectivity index (χ4n) is 2.55. The molecule has 0 aromatic heterocycles. The van der Waals surface area contributed by atoms with Crippen LogP contribution in [-0.4, -0.2) is 43.5 Å². The first-order valence-electron chi connectivity index (χ1n) is 7.14. The van der Waals surface area contributed by atoms with Crippen molar-refractivity contribution in [1.82, 2.24) is 10.2 Å². The van der Waals surface area contributed by atoms with Crippen molar-refractivity contribution < 1.29 is 4.79 Å². The predicted octanol–water partition coefficient (Wildman–Crippen LogP) is 2.92. The Morgan fingerprint density at radius 2 is 2.05 bits per heavy atom. The quantitative estimate of drug-likeness (QED) is 0.892. The highest BCUT2D eigenvalue weighted by Gasteiger charge is 2.20. The van der Waals surface area contributed by atoms with Gasteiger partial charge in [-0.25, -0.2) is 0 Å². The summed E-state index contributed by atoms with van der Waals surface area (Å²) in [5.74, 6) is -0.0922. The minimum absolute atomic E-state index is 0.0922. The second-order valence-electron chi connectivity index (χ2n) is 5.50. The van der Waals surface area contributed by atoms with E-state index >= 15 is 0 Å². The molecule has 0 spiro atoms. The summed E-state index contributed by atoms with van der Waals surface area (Å²) in [7, 11) is 1.98. The van der Waals surface area contributed by atoms with E-state index in [2.05, 4.69) is 15.5 Å². The number of benzene rings is 1. The van der Waals surface area contributed by atoms with Gasteiger partial charge in [-0.15, -0.1) is 0 Å². The van der Waals surface area contributed by atoms with Crippen LogP contribution in [0.2, 0.25) is 10.0 Å². The number of halogens is 2. The van der Waals surface area contributed by atoms with E-state index in [1.807, 2.05) is 20.0 Å². The molecule has 1 fully saturated rings. The summed E-state index contributed by atoms with van der Waals surface area (Å²) in [5, 5.41) is 7.11. The number of nitrogens with zero attached hydrogens (tertiary/aromatic N) is 1. The molecule has 1 heterocycles. The van der Waals surface area contributed by atoms with Gasteiger partial charge in [-0.05, 0) is 51.5 Å². The van der Waals surface area contributed by atoms with Crippen LogP contribution in [0, 0.1) is 6.92 Å². The van der Waals surface area contributed by atoms with Crippen molar-refractivity contribution in [2.75, 3.05) is 32.0 Å². The smallest absolute Gasteiger partial charge is 0.238 e. The molecule has 0 aliphatic carbocycles. The van der Waals surface area contributed by atoms with Crippen LogP contribution in [0.15, 0.2) is 12.1 Å². The third-order valence-electron chi connectivity index (χ3n) is 3.87. The van der Waals surface area contributed by atoms with Crippen molar-refractivity contribution >= 4 is 34.8 Å². The number of likely N-dealkylation sites (N-methyl/N-ethyl adjacent to an activating group) is 1. The molecule has 1 aromatic rings. The van der Waals surface area contributed by atoms with E-state index in [0.717, 1.165) is 31.5 Å². The second kappa shape index (κ2) is 7.45. The van der Waals surface area contributed by atoms with Crippen LogP contribution in [0.25, 0.3) is 0 Å². The number of piperidine rings is 1. The Labute approximate surface area is 135 Å². The van der Waals surface area contributed by atoms with E-state index in [1.54, 1.807) is 6.07 Å². The van der Waals surface area contributed by atoms with E-state index in [-0.39, 0.29) is 5.91 Å². The van der Waals surface area contributed by atoms with E-state index in [9.17, 15) is 4.79 Å². The zero-order chi connectivity index (χ0) is 15.4. The standard InChI is InChI=1S/C15H21Cl2N3O/c1-10-3-4-12(16)15(14(10)17)19-13(21)9-20(2)11-5-7-18-8-6-11/h3-4,11,18H,5-9H2,1-2H3,(H,19,21). The number of anilines is 1. The number of hydrogen-bond donors (Lipinski definition) is 2. The molecular formula is C15H21Cl2N3O. The first-order valence-corrected chi connectivity index (χ1v) is 7.90. The van der Waals surface area contributed by atoms with Gasteiger partial charge in [0.05, 0.1) is 22.3 Å². The molecule has 116 valence electrons. The third-order valence-corrected chi connectivity index (χ3v) is 4.68. The van der Waals surface area contributed by atoms with Crippen LogP contribution in [0.1, 0.15) is 18.4 Å². The summed E-state index contributed by atoms with van der Waals surface area (Å²) in [4.78, 5) is 14.3. The first-order chi connectivity index (χ1) is 9.99. The molecule has 2 rings (SSSR count). The van der Waals surface area contributed by atoms with E-state index in [0.29, 0.717) is 28.3 Å². The van der Waals surface area contributed by atoms with Gasteiger partial charge in [0.1, 0.15) is 0 Å². The third kappa shape index (κ3) is 4.33. The van der Waals surface area contributed by atoms with Gasteiger partial charge in [0, 0.05) is 6.04 Å². The van der Waals surface area contributed by atoms with Crippen LogP contribution in [0.5, 0.6) is 0 Å². The number of rotatable bonds is 4. The van der Waals surface area contributed by atoms with Gasteiger partial charge < -0.3 is 10.6 Å². The zero-order valence-electron chi connectivity index (χ0n) is 12.4. The largest absolute Gasteiger partial charge is 0.322 e. The average molecular weight is 330 g/mol. The molecule has 2 N–H and O–H groups in total. The minimum Gasteiger partial charge on any atom is -0.322 e. The zero-order valence-corrected chi connectivity index (χ0v) is 13.9. The van der Waals surface area contributed by atoms with Gasteiger partial charge in [-0.3, -0.25) is 9.69 Å². The van der Waals surface area contributed by atoms with Gasteiger partial charge in [-0.2, -0.15) is 0 Å². The molecule has 1 amide bonds. The summed E-state index contributed by atoms with van der Waals surface area (Å²) < 4.78 is 0.